The van der Waals surface area contributed by atoms with Crippen LogP contribution < -0.4 is 0 Å². The molecule has 0 N–H and O–H groups in total. The highest BCUT2D eigenvalue weighted by molar-refractivity contribution is 7.18. The molecule has 1 saturated heterocycles. The smallest absolute Gasteiger partial charge is 0.285 e. The van der Waals surface area contributed by atoms with Crippen LogP contribution in [0.2, 0.25) is 0 Å². The lowest BCUT2D eigenvalue weighted by Gasteiger charge is -2.35. The molecule has 3 heterocycles. The van der Waals surface area contributed by atoms with Crippen molar-refractivity contribution < 1.29 is 4.79 Å². The van der Waals surface area contributed by atoms with E-state index < -0.39 is 0 Å². The zero-order valence-corrected chi connectivity index (χ0v) is 13.8. The van der Waals surface area contributed by atoms with Crippen molar-refractivity contribution >= 4 is 22.1 Å². The van der Waals surface area contributed by atoms with Crippen LogP contribution in [0.4, 0.5) is 0 Å². The van der Waals surface area contributed by atoms with Gasteiger partial charge in [0.2, 0.25) is 5.01 Å². The molecule has 2 aromatic heterocycles. The van der Waals surface area contributed by atoms with Gasteiger partial charge in [0.25, 0.3) is 5.91 Å². The van der Waals surface area contributed by atoms with E-state index in [2.05, 4.69) is 22.2 Å². The molecule has 1 fully saturated rings. The van der Waals surface area contributed by atoms with Gasteiger partial charge in [-0.3, -0.25) is 4.79 Å². The lowest BCUT2D eigenvalue weighted by molar-refractivity contribution is 0.0610. The second-order valence-electron chi connectivity index (χ2n) is 5.88. The highest BCUT2D eigenvalue weighted by Gasteiger charge is 2.30. The number of nitrogens with zero attached hydrogens (tertiary/aromatic N) is 4. The molecule has 1 aromatic carbocycles. The van der Waals surface area contributed by atoms with Crippen molar-refractivity contribution in [2.24, 2.45) is 0 Å². The molecule has 1 aliphatic heterocycles. The van der Waals surface area contributed by atoms with E-state index >= 15 is 0 Å². The Balaban J connectivity index is 1.67. The third-order valence-electron chi connectivity index (χ3n) is 4.40. The third-order valence-corrected chi connectivity index (χ3v) is 5.34. The summed E-state index contributed by atoms with van der Waals surface area (Å²) in [5.74, 6) is 0.847. The average Bonchev–Trinajstić information content (AvgIpc) is 3.17. The molecular formula is C17H18N4OS. The normalized spacial score (nSPS) is 18.5. The fourth-order valence-corrected chi connectivity index (χ4v) is 4.11. The number of piperidine rings is 1. The molecule has 5 nitrogen and oxygen atoms in total. The summed E-state index contributed by atoms with van der Waals surface area (Å²) in [6, 6.07) is 10.5. The Morgan fingerprint density at radius 2 is 2.09 bits per heavy atom. The minimum Gasteiger partial charge on any atom is -0.329 e. The molecule has 3 aromatic rings. The molecule has 4 rings (SSSR count). The van der Waals surface area contributed by atoms with E-state index in [1.165, 1.54) is 16.9 Å². The number of imidazole rings is 1. The van der Waals surface area contributed by atoms with Gasteiger partial charge in [0.05, 0.1) is 12.2 Å². The summed E-state index contributed by atoms with van der Waals surface area (Å²) >= 11 is 1.42. The van der Waals surface area contributed by atoms with Crippen LogP contribution in [0, 0.1) is 6.92 Å². The molecule has 0 bridgehead atoms. The molecule has 1 aliphatic rings. The van der Waals surface area contributed by atoms with Crippen molar-refractivity contribution in [3.05, 3.63) is 52.9 Å². The van der Waals surface area contributed by atoms with Gasteiger partial charge in [-0.25, -0.2) is 9.50 Å². The van der Waals surface area contributed by atoms with Crippen LogP contribution in [0.1, 0.15) is 46.5 Å². The second kappa shape index (κ2) is 5.77. The van der Waals surface area contributed by atoms with Crippen LogP contribution in [0.15, 0.2) is 36.5 Å². The van der Waals surface area contributed by atoms with Gasteiger partial charge in [0.1, 0.15) is 10.7 Å². The predicted molar refractivity (Wildman–Crippen MR) is 89.7 cm³/mol. The molecular weight excluding hydrogens is 308 g/mol. The lowest BCUT2D eigenvalue weighted by Crippen LogP contribution is -2.38. The van der Waals surface area contributed by atoms with E-state index in [9.17, 15) is 4.79 Å². The summed E-state index contributed by atoms with van der Waals surface area (Å²) in [5, 5.41) is 5.01. The number of benzene rings is 1. The quantitative estimate of drug-likeness (QED) is 0.724. The maximum atomic E-state index is 13.0. The summed E-state index contributed by atoms with van der Waals surface area (Å²) in [6.45, 7) is 2.69. The number of fused-ring (bicyclic) bond motifs is 1. The molecule has 1 amide bonds. The van der Waals surface area contributed by atoms with Crippen LogP contribution in [-0.4, -0.2) is 31.9 Å². The van der Waals surface area contributed by atoms with E-state index in [-0.39, 0.29) is 11.9 Å². The first kappa shape index (κ1) is 14.4. The van der Waals surface area contributed by atoms with Crippen LogP contribution in [0.25, 0.3) is 4.83 Å². The van der Waals surface area contributed by atoms with Gasteiger partial charge in [-0.05, 0) is 31.7 Å². The van der Waals surface area contributed by atoms with Crippen molar-refractivity contribution in [3.63, 3.8) is 0 Å². The van der Waals surface area contributed by atoms with Gasteiger partial charge in [0, 0.05) is 6.54 Å². The van der Waals surface area contributed by atoms with Crippen molar-refractivity contribution in [3.8, 4) is 0 Å². The number of amides is 1. The first-order chi connectivity index (χ1) is 11.2. The molecule has 118 valence electrons. The maximum Gasteiger partial charge on any atom is 0.285 e. The Morgan fingerprint density at radius 3 is 2.87 bits per heavy atom. The van der Waals surface area contributed by atoms with Gasteiger partial charge in [-0.1, -0.05) is 41.7 Å². The maximum absolute atomic E-state index is 13.0. The monoisotopic (exact) mass is 326 g/mol. The Kier molecular flexibility index (Phi) is 3.61. The minimum absolute atomic E-state index is 0.0339. The molecule has 6 heteroatoms. The van der Waals surface area contributed by atoms with Gasteiger partial charge < -0.3 is 4.90 Å². The average molecular weight is 326 g/mol. The third kappa shape index (κ3) is 2.53. The lowest BCUT2D eigenvalue weighted by atomic mass is 9.95. The number of carbonyl (C=O) groups is 1. The number of likely N-dealkylation sites (tertiary alicyclic amines) is 1. The molecule has 1 atom stereocenters. The predicted octanol–water partition coefficient (Wildman–Crippen LogP) is 3.47. The number of hydrogen-bond acceptors (Lipinski definition) is 4. The van der Waals surface area contributed by atoms with Crippen LogP contribution >= 0.6 is 11.3 Å². The summed E-state index contributed by atoms with van der Waals surface area (Å²) in [4.78, 5) is 20.1. The largest absolute Gasteiger partial charge is 0.329 e. The van der Waals surface area contributed by atoms with Crippen molar-refractivity contribution in [1.29, 1.82) is 0 Å². The number of aromatic nitrogens is 3. The SMILES string of the molecule is Cc1ncc2sc(C(=O)N3CCCC[C@@H]3c3ccccc3)nn12. The molecule has 0 unspecified atom stereocenters. The summed E-state index contributed by atoms with van der Waals surface area (Å²) in [6.07, 6.45) is 5.00. The standard InChI is InChI=1S/C17H18N4OS/c1-12-18-11-15-21(12)19-16(23-15)17(22)20-10-6-5-9-14(20)13-7-3-2-4-8-13/h2-4,7-8,11,14H,5-6,9-10H2,1H3/t14-/m1/s1. The first-order valence-electron chi connectivity index (χ1n) is 7.91. The fraction of sp³-hybridized carbons (Fsp3) is 0.353. The van der Waals surface area contributed by atoms with Gasteiger partial charge in [0.15, 0.2) is 0 Å². The number of aryl methyl sites for hydroxylation is 1. The fourth-order valence-electron chi connectivity index (χ4n) is 3.22. The second-order valence-corrected chi connectivity index (χ2v) is 6.89. The van der Waals surface area contributed by atoms with Crippen molar-refractivity contribution in [2.45, 2.75) is 32.2 Å². The Labute approximate surface area is 138 Å². The zero-order valence-electron chi connectivity index (χ0n) is 13.0. The highest BCUT2D eigenvalue weighted by Crippen LogP contribution is 2.32. The summed E-state index contributed by atoms with van der Waals surface area (Å²) < 4.78 is 1.75. The molecule has 0 aliphatic carbocycles. The Hall–Kier alpha value is -2.21. The van der Waals surface area contributed by atoms with Crippen molar-refractivity contribution in [2.75, 3.05) is 6.54 Å². The van der Waals surface area contributed by atoms with Crippen molar-refractivity contribution in [1.82, 2.24) is 19.5 Å². The van der Waals surface area contributed by atoms with Crippen LogP contribution in [0.3, 0.4) is 0 Å². The molecule has 0 radical (unpaired) electrons. The van der Waals surface area contributed by atoms with E-state index in [1.54, 1.807) is 10.7 Å². The van der Waals surface area contributed by atoms with E-state index in [4.69, 9.17) is 0 Å². The minimum atomic E-state index is 0.0339. The highest BCUT2D eigenvalue weighted by atomic mass is 32.1. The number of carbonyl (C=O) groups excluding carboxylic acids is 1. The summed E-state index contributed by atoms with van der Waals surface area (Å²) in [7, 11) is 0. The van der Waals surface area contributed by atoms with Gasteiger partial charge in [-0.15, -0.1) is 5.10 Å². The Bertz CT molecular complexity index is 839. The zero-order chi connectivity index (χ0) is 15.8. The molecule has 0 saturated carbocycles. The first-order valence-corrected chi connectivity index (χ1v) is 8.73. The topological polar surface area (TPSA) is 50.5 Å². The number of hydrogen-bond donors (Lipinski definition) is 0. The van der Waals surface area contributed by atoms with Crippen LogP contribution in [-0.2, 0) is 0 Å². The van der Waals surface area contributed by atoms with E-state index in [0.717, 1.165) is 36.5 Å². The van der Waals surface area contributed by atoms with Crippen LogP contribution in [0.5, 0.6) is 0 Å². The molecule has 0 spiro atoms. The van der Waals surface area contributed by atoms with Gasteiger partial charge >= 0.3 is 0 Å². The van der Waals surface area contributed by atoms with E-state index in [0.29, 0.717) is 5.01 Å². The molecule has 23 heavy (non-hydrogen) atoms. The number of rotatable bonds is 2. The Morgan fingerprint density at radius 1 is 1.26 bits per heavy atom. The summed E-state index contributed by atoms with van der Waals surface area (Å²) in [5.41, 5.74) is 1.21. The van der Waals surface area contributed by atoms with E-state index in [1.807, 2.05) is 30.0 Å². The van der Waals surface area contributed by atoms with Gasteiger partial charge in [-0.2, -0.15) is 0 Å².